The number of alkyl carbamates (subject to hydrolysis) is 1. The molecule has 0 bridgehead atoms. The highest BCUT2D eigenvalue weighted by atomic mass is 19.2. The highest BCUT2D eigenvalue weighted by Crippen LogP contribution is 2.47. The van der Waals surface area contributed by atoms with Gasteiger partial charge in [-0.3, -0.25) is 0 Å². The first-order valence-electron chi connectivity index (χ1n) is 10.3. The van der Waals surface area contributed by atoms with Gasteiger partial charge in [-0.1, -0.05) is 12.1 Å². The predicted molar refractivity (Wildman–Crippen MR) is 106 cm³/mol. The number of amides is 1. The van der Waals surface area contributed by atoms with Gasteiger partial charge in [0.15, 0.2) is 11.6 Å². The van der Waals surface area contributed by atoms with E-state index in [0.717, 1.165) is 6.07 Å². The molecule has 8 heteroatoms. The number of halogens is 2. The van der Waals surface area contributed by atoms with Crippen molar-refractivity contribution in [2.75, 3.05) is 0 Å². The van der Waals surface area contributed by atoms with Crippen LogP contribution in [0.15, 0.2) is 24.4 Å². The molecule has 1 aromatic heterocycles. The third-order valence-electron chi connectivity index (χ3n) is 5.72. The lowest BCUT2D eigenvalue weighted by atomic mass is 9.92. The van der Waals surface area contributed by atoms with Gasteiger partial charge in [-0.15, -0.1) is 0 Å². The summed E-state index contributed by atoms with van der Waals surface area (Å²) in [5.41, 5.74) is -0.651. The molecule has 0 unspecified atom stereocenters. The van der Waals surface area contributed by atoms with Gasteiger partial charge in [-0.05, 0) is 58.1 Å². The van der Waals surface area contributed by atoms with Crippen LogP contribution in [-0.2, 0) is 16.9 Å². The molecule has 2 atom stereocenters. The normalized spacial score (nSPS) is 22.7. The first-order chi connectivity index (χ1) is 14.1. The van der Waals surface area contributed by atoms with Crippen LogP contribution in [-0.4, -0.2) is 26.4 Å². The summed E-state index contributed by atoms with van der Waals surface area (Å²) in [5.74, 6) is -1.46. The van der Waals surface area contributed by atoms with E-state index in [1.807, 2.05) is 4.57 Å². The van der Waals surface area contributed by atoms with Gasteiger partial charge in [0.2, 0.25) is 0 Å². The molecule has 0 spiro atoms. The quantitative estimate of drug-likeness (QED) is 0.778. The molecule has 30 heavy (non-hydrogen) atoms. The third kappa shape index (κ3) is 4.05. The summed E-state index contributed by atoms with van der Waals surface area (Å²) in [6, 6.07) is 3.73. The van der Waals surface area contributed by atoms with Gasteiger partial charge in [0, 0.05) is 12.5 Å². The van der Waals surface area contributed by atoms with Gasteiger partial charge in [0.25, 0.3) is 0 Å². The molecule has 2 aliphatic rings. The first kappa shape index (κ1) is 20.8. The maximum atomic E-state index is 14.5. The average Bonchev–Trinajstić information content (AvgIpc) is 3.29. The van der Waals surface area contributed by atoms with Crippen LogP contribution in [0.3, 0.4) is 0 Å². The van der Waals surface area contributed by atoms with Crippen molar-refractivity contribution in [2.24, 2.45) is 0 Å². The van der Waals surface area contributed by atoms with Crippen molar-refractivity contribution >= 4 is 6.09 Å². The molecule has 0 radical (unpaired) electrons. The highest BCUT2D eigenvalue weighted by molar-refractivity contribution is 5.68. The lowest BCUT2D eigenvalue weighted by Gasteiger charge is -2.23. The summed E-state index contributed by atoms with van der Waals surface area (Å²) < 4.78 is 35.6. The number of carbonyl (C=O) groups excluding carboxylic acids is 1. The molecule has 2 N–H and O–H groups in total. The smallest absolute Gasteiger partial charge is 0.408 e. The standard InChI is InChI=1S/C22H27F2N3O3/c1-21(2,3)30-20(28)26-16-8-7-13(14-5-4-6-15(23)18(14)24)12-27-17(11-25-19(16)27)22(29)9-10-22/h4-6,11,13,16,29H,7-10,12H2,1-3H3,(H,26,28)/t13-,16-/m1/s1. The Balaban J connectivity index is 1.68. The summed E-state index contributed by atoms with van der Waals surface area (Å²) >= 11 is 0. The van der Waals surface area contributed by atoms with Crippen LogP contribution < -0.4 is 5.32 Å². The molecule has 1 fully saturated rings. The molecule has 1 saturated carbocycles. The SMILES string of the molecule is CC(C)(C)OC(=O)N[C@@H]1CC[C@@H](c2cccc(F)c2F)Cn2c(C3(O)CC3)cnc21. The molecule has 162 valence electrons. The largest absolute Gasteiger partial charge is 0.444 e. The lowest BCUT2D eigenvalue weighted by Crippen LogP contribution is -2.35. The van der Waals surface area contributed by atoms with Gasteiger partial charge in [-0.2, -0.15) is 0 Å². The van der Waals surface area contributed by atoms with Gasteiger partial charge >= 0.3 is 6.09 Å². The fourth-order valence-electron chi connectivity index (χ4n) is 4.09. The van der Waals surface area contributed by atoms with Crippen molar-refractivity contribution in [3.05, 3.63) is 53.1 Å². The lowest BCUT2D eigenvalue weighted by molar-refractivity contribution is 0.0498. The number of imidazole rings is 1. The summed E-state index contributed by atoms with van der Waals surface area (Å²) in [6.45, 7) is 5.69. The monoisotopic (exact) mass is 419 g/mol. The highest BCUT2D eigenvalue weighted by Gasteiger charge is 2.46. The van der Waals surface area contributed by atoms with E-state index >= 15 is 0 Å². The van der Waals surface area contributed by atoms with E-state index in [0.29, 0.717) is 49.3 Å². The van der Waals surface area contributed by atoms with Gasteiger partial charge in [0.1, 0.15) is 17.0 Å². The van der Waals surface area contributed by atoms with Gasteiger partial charge in [-0.25, -0.2) is 18.6 Å². The topological polar surface area (TPSA) is 76.4 Å². The first-order valence-corrected chi connectivity index (χ1v) is 10.3. The fourth-order valence-corrected chi connectivity index (χ4v) is 4.09. The number of nitrogens with one attached hydrogen (secondary N) is 1. The predicted octanol–water partition coefficient (Wildman–Crippen LogP) is 4.29. The molecule has 2 aromatic rings. The summed E-state index contributed by atoms with van der Waals surface area (Å²) in [6.07, 6.45) is 3.31. The van der Waals surface area contributed by atoms with Crippen molar-refractivity contribution in [3.63, 3.8) is 0 Å². The maximum absolute atomic E-state index is 14.5. The minimum Gasteiger partial charge on any atom is -0.444 e. The minimum atomic E-state index is -0.947. The van der Waals surface area contributed by atoms with Crippen LogP contribution in [0.2, 0.25) is 0 Å². The third-order valence-corrected chi connectivity index (χ3v) is 5.72. The molecule has 2 heterocycles. The number of hydrogen-bond donors (Lipinski definition) is 2. The second-order valence-corrected chi connectivity index (χ2v) is 9.26. The number of fused-ring (bicyclic) bond motifs is 1. The number of ether oxygens (including phenoxy) is 1. The second kappa shape index (κ2) is 7.34. The summed E-state index contributed by atoms with van der Waals surface area (Å²) in [5, 5.41) is 13.6. The van der Waals surface area contributed by atoms with Crippen LogP contribution in [0.1, 0.15) is 75.5 Å². The van der Waals surface area contributed by atoms with Crippen molar-refractivity contribution in [1.29, 1.82) is 0 Å². The Morgan fingerprint density at radius 3 is 2.70 bits per heavy atom. The van der Waals surface area contributed by atoms with Crippen LogP contribution >= 0.6 is 0 Å². The van der Waals surface area contributed by atoms with Crippen LogP contribution in [0, 0.1) is 11.6 Å². The molecule has 1 aromatic carbocycles. The van der Waals surface area contributed by atoms with Crippen LogP contribution in [0.4, 0.5) is 13.6 Å². The Bertz CT molecular complexity index is 963. The van der Waals surface area contributed by atoms with Crippen molar-refractivity contribution < 1.29 is 23.4 Å². The molecule has 6 nitrogen and oxygen atoms in total. The zero-order valence-electron chi connectivity index (χ0n) is 17.4. The number of carbonyl (C=O) groups is 1. The Hall–Kier alpha value is -2.48. The van der Waals surface area contributed by atoms with E-state index in [2.05, 4.69) is 10.3 Å². The number of aliphatic hydroxyl groups is 1. The number of rotatable bonds is 3. The van der Waals surface area contributed by atoms with Crippen molar-refractivity contribution in [3.8, 4) is 0 Å². The molecule has 1 amide bonds. The fraction of sp³-hybridized carbons (Fsp3) is 0.545. The number of benzene rings is 1. The van der Waals surface area contributed by atoms with Crippen LogP contribution in [0.25, 0.3) is 0 Å². The van der Waals surface area contributed by atoms with Gasteiger partial charge < -0.3 is 19.7 Å². The van der Waals surface area contributed by atoms with E-state index in [4.69, 9.17) is 4.74 Å². The Morgan fingerprint density at radius 1 is 1.30 bits per heavy atom. The number of hydrogen-bond acceptors (Lipinski definition) is 4. The molecule has 4 rings (SSSR count). The molecule has 1 aliphatic heterocycles. The van der Waals surface area contributed by atoms with Crippen molar-refractivity contribution in [2.45, 2.75) is 76.2 Å². The Labute approximate surface area is 174 Å². The molecular formula is C22H27F2N3O3. The summed E-state index contributed by atoms with van der Waals surface area (Å²) in [7, 11) is 0. The average molecular weight is 419 g/mol. The Morgan fingerprint density at radius 2 is 2.03 bits per heavy atom. The number of aromatic nitrogens is 2. The van der Waals surface area contributed by atoms with E-state index in [1.165, 1.54) is 6.07 Å². The Kier molecular flexibility index (Phi) is 5.08. The number of nitrogens with zero attached hydrogens (tertiary/aromatic N) is 2. The van der Waals surface area contributed by atoms with E-state index in [9.17, 15) is 18.7 Å². The van der Waals surface area contributed by atoms with E-state index < -0.39 is 35.0 Å². The van der Waals surface area contributed by atoms with E-state index in [-0.39, 0.29) is 5.92 Å². The maximum Gasteiger partial charge on any atom is 0.408 e. The minimum absolute atomic E-state index is 0.293. The zero-order chi connectivity index (χ0) is 21.7. The molecule has 1 aliphatic carbocycles. The molecule has 0 saturated heterocycles. The van der Waals surface area contributed by atoms with Gasteiger partial charge in [0.05, 0.1) is 17.9 Å². The van der Waals surface area contributed by atoms with Crippen LogP contribution in [0.5, 0.6) is 0 Å². The zero-order valence-corrected chi connectivity index (χ0v) is 17.4. The van der Waals surface area contributed by atoms with E-state index in [1.54, 1.807) is 33.0 Å². The molecular weight excluding hydrogens is 392 g/mol. The second-order valence-electron chi connectivity index (χ2n) is 9.26. The van der Waals surface area contributed by atoms with Crippen molar-refractivity contribution in [1.82, 2.24) is 14.9 Å². The summed E-state index contributed by atoms with van der Waals surface area (Å²) in [4.78, 5) is 16.9.